The van der Waals surface area contributed by atoms with E-state index in [1.807, 2.05) is 0 Å². The van der Waals surface area contributed by atoms with E-state index >= 15 is 0 Å². The van der Waals surface area contributed by atoms with Gasteiger partial charge in [-0.15, -0.1) is 0 Å². The minimum atomic E-state index is 0.289. The second kappa shape index (κ2) is 6.39. The number of hydrogen-bond donors (Lipinski definition) is 1. The van der Waals surface area contributed by atoms with Gasteiger partial charge in [-0.3, -0.25) is 0 Å². The van der Waals surface area contributed by atoms with Gasteiger partial charge in [0, 0.05) is 24.8 Å². The lowest BCUT2D eigenvalue weighted by Crippen LogP contribution is -2.39. The third kappa shape index (κ3) is 3.26. The zero-order valence-electron chi connectivity index (χ0n) is 13.5. The van der Waals surface area contributed by atoms with Gasteiger partial charge in [-0.1, -0.05) is 38.0 Å². The predicted molar refractivity (Wildman–Crippen MR) is 90.8 cm³/mol. The molecule has 1 saturated heterocycles. The summed E-state index contributed by atoms with van der Waals surface area (Å²) in [6.45, 7) is 4.65. The van der Waals surface area contributed by atoms with E-state index in [9.17, 15) is 0 Å². The van der Waals surface area contributed by atoms with Gasteiger partial charge in [0.2, 0.25) is 0 Å². The average molecular weight is 286 g/mol. The summed E-state index contributed by atoms with van der Waals surface area (Å²) in [6, 6.07) is 9.19. The molecule has 1 unspecified atom stereocenters. The minimum Gasteiger partial charge on any atom is -0.371 e. The summed E-state index contributed by atoms with van der Waals surface area (Å²) < 4.78 is 0. The molecule has 1 aromatic rings. The summed E-state index contributed by atoms with van der Waals surface area (Å²) in [5, 5.41) is 0. The summed E-state index contributed by atoms with van der Waals surface area (Å²) in [5.74, 6) is 0. The van der Waals surface area contributed by atoms with Crippen molar-refractivity contribution in [2.75, 3.05) is 18.0 Å². The molecule has 1 aliphatic heterocycles. The Balaban J connectivity index is 1.70. The molecular formula is C19H30N2. The quantitative estimate of drug-likeness (QED) is 0.902. The van der Waals surface area contributed by atoms with Crippen molar-refractivity contribution in [1.82, 2.24) is 0 Å². The van der Waals surface area contributed by atoms with Crippen LogP contribution in [-0.2, 0) is 6.42 Å². The highest BCUT2D eigenvalue weighted by atomic mass is 15.1. The first-order valence-corrected chi connectivity index (χ1v) is 8.81. The van der Waals surface area contributed by atoms with Gasteiger partial charge < -0.3 is 10.6 Å². The van der Waals surface area contributed by atoms with Crippen LogP contribution in [0.3, 0.4) is 0 Å². The first-order valence-electron chi connectivity index (χ1n) is 8.81. The zero-order valence-corrected chi connectivity index (χ0v) is 13.5. The third-order valence-electron chi connectivity index (χ3n) is 5.83. The molecule has 2 fully saturated rings. The molecule has 0 amide bonds. The van der Waals surface area contributed by atoms with E-state index in [0.29, 0.717) is 5.41 Å². The molecule has 0 radical (unpaired) electrons. The number of nitrogens with two attached hydrogens (primary N) is 1. The van der Waals surface area contributed by atoms with Crippen molar-refractivity contribution in [3.05, 3.63) is 29.8 Å². The Bertz CT molecular complexity index is 452. The highest BCUT2D eigenvalue weighted by Crippen LogP contribution is 2.46. The van der Waals surface area contributed by atoms with Crippen molar-refractivity contribution in [2.24, 2.45) is 11.1 Å². The summed E-state index contributed by atoms with van der Waals surface area (Å²) in [6.07, 6.45) is 10.7. The van der Waals surface area contributed by atoms with Crippen LogP contribution in [0, 0.1) is 5.41 Å². The van der Waals surface area contributed by atoms with Crippen molar-refractivity contribution in [3.63, 3.8) is 0 Å². The maximum atomic E-state index is 6.18. The predicted octanol–water partition coefficient (Wildman–Crippen LogP) is 4.13. The fraction of sp³-hybridized carbons (Fsp3) is 0.684. The van der Waals surface area contributed by atoms with Crippen molar-refractivity contribution >= 4 is 5.69 Å². The molecule has 2 heteroatoms. The van der Waals surface area contributed by atoms with Crippen molar-refractivity contribution < 1.29 is 0 Å². The first-order chi connectivity index (χ1) is 10.2. The summed E-state index contributed by atoms with van der Waals surface area (Å²) in [5.41, 5.74) is 9.76. The van der Waals surface area contributed by atoms with Crippen LogP contribution in [0.25, 0.3) is 0 Å². The lowest BCUT2D eigenvalue weighted by Gasteiger charge is -2.41. The molecule has 1 aliphatic carbocycles. The molecule has 1 spiro atoms. The van der Waals surface area contributed by atoms with Crippen LogP contribution in [0.5, 0.6) is 0 Å². The van der Waals surface area contributed by atoms with Crippen LogP contribution in [0.1, 0.15) is 57.4 Å². The third-order valence-corrected chi connectivity index (χ3v) is 5.83. The van der Waals surface area contributed by atoms with E-state index < -0.39 is 0 Å². The second-order valence-corrected chi connectivity index (χ2v) is 7.20. The Morgan fingerprint density at radius 3 is 2.43 bits per heavy atom. The number of rotatable bonds is 4. The standard InChI is InChI=1S/C19H30N2/c1-2-17(20)15-16-7-3-4-8-18(16)21-13-11-19(12-14-21)9-5-6-10-19/h3-4,7-8,17H,2,5-6,9-15,20H2,1H3. The number of piperidine rings is 1. The van der Waals surface area contributed by atoms with Gasteiger partial charge in [-0.2, -0.15) is 0 Å². The van der Waals surface area contributed by atoms with Gasteiger partial charge in [0.05, 0.1) is 0 Å². The molecule has 2 N–H and O–H groups in total. The zero-order chi connectivity index (χ0) is 14.7. The maximum absolute atomic E-state index is 6.18. The largest absolute Gasteiger partial charge is 0.371 e. The van der Waals surface area contributed by atoms with Crippen LogP contribution < -0.4 is 10.6 Å². The Kier molecular flexibility index (Phi) is 4.54. The topological polar surface area (TPSA) is 29.3 Å². The molecular weight excluding hydrogens is 256 g/mol. The molecule has 116 valence electrons. The van der Waals surface area contributed by atoms with Gasteiger partial charge in [-0.05, 0) is 55.6 Å². The molecule has 1 saturated carbocycles. The molecule has 2 nitrogen and oxygen atoms in total. The summed E-state index contributed by atoms with van der Waals surface area (Å²) in [4.78, 5) is 2.61. The highest BCUT2D eigenvalue weighted by Gasteiger charge is 2.37. The lowest BCUT2D eigenvalue weighted by atomic mass is 9.77. The van der Waals surface area contributed by atoms with Crippen LogP contribution in [0.15, 0.2) is 24.3 Å². The average Bonchev–Trinajstić information content (AvgIpc) is 2.97. The molecule has 0 aromatic heterocycles. The van der Waals surface area contributed by atoms with E-state index in [2.05, 4.69) is 36.1 Å². The number of para-hydroxylation sites is 1. The van der Waals surface area contributed by atoms with Gasteiger partial charge in [-0.25, -0.2) is 0 Å². The number of hydrogen-bond acceptors (Lipinski definition) is 2. The van der Waals surface area contributed by atoms with E-state index in [-0.39, 0.29) is 6.04 Å². The van der Waals surface area contributed by atoms with E-state index in [4.69, 9.17) is 5.73 Å². The van der Waals surface area contributed by atoms with Gasteiger partial charge in [0.15, 0.2) is 0 Å². The second-order valence-electron chi connectivity index (χ2n) is 7.20. The van der Waals surface area contributed by atoms with Gasteiger partial charge >= 0.3 is 0 Å². The van der Waals surface area contributed by atoms with Crippen LogP contribution >= 0.6 is 0 Å². The summed E-state index contributed by atoms with van der Waals surface area (Å²) >= 11 is 0. The van der Waals surface area contributed by atoms with Crippen LogP contribution in [-0.4, -0.2) is 19.1 Å². The molecule has 0 bridgehead atoms. The molecule has 21 heavy (non-hydrogen) atoms. The maximum Gasteiger partial charge on any atom is 0.0399 e. The number of nitrogens with zero attached hydrogens (tertiary/aromatic N) is 1. The van der Waals surface area contributed by atoms with E-state index in [0.717, 1.165) is 12.8 Å². The molecule has 2 aliphatic rings. The Hall–Kier alpha value is -1.02. The molecule has 1 heterocycles. The van der Waals surface area contributed by atoms with E-state index in [1.54, 1.807) is 0 Å². The van der Waals surface area contributed by atoms with Crippen LogP contribution in [0.2, 0.25) is 0 Å². The fourth-order valence-electron chi connectivity index (χ4n) is 4.27. The smallest absolute Gasteiger partial charge is 0.0399 e. The Morgan fingerprint density at radius 1 is 1.10 bits per heavy atom. The van der Waals surface area contributed by atoms with Crippen molar-refractivity contribution in [3.8, 4) is 0 Å². The Morgan fingerprint density at radius 2 is 1.76 bits per heavy atom. The monoisotopic (exact) mass is 286 g/mol. The van der Waals surface area contributed by atoms with E-state index in [1.165, 1.54) is 62.9 Å². The molecule has 1 atom stereocenters. The van der Waals surface area contributed by atoms with Gasteiger partial charge in [0.25, 0.3) is 0 Å². The minimum absolute atomic E-state index is 0.289. The number of benzene rings is 1. The molecule has 1 aromatic carbocycles. The fourth-order valence-corrected chi connectivity index (χ4v) is 4.27. The highest BCUT2D eigenvalue weighted by molar-refractivity contribution is 5.54. The summed E-state index contributed by atoms with van der Waals surface area (Å²) in [7, 11) is 0. The number of anilines is 1. The lowest BCUT2D eigenvalue weighted by molar-refractivity contribution is 0.226. The SMILES string of the molecule is CCC(N)Cc1ccccc1N1CCC2(CCCC2)CC1. The Labute approximate surface area is 129 Å². The van der Waals surface area contributed by atoms with Gasteiger partial charge in [0.1, 0.15) is 0 Å². The van der Waals surface area contributed by atoms with Crippen molar-refractivity contribution in [1.29, 1.82) is 0 Å². The van der Waals surface area contributed by atoms with Crippen LogP contribution in [0.4, 0.5) is 5.69 Å². The van der Waals surface area contributed by atoms with Crippen molar-refractivity contribution in [2.45, 2.75) is 64.3 Å². The normalized spacial score (nSPS) is 22.7. The first kappa shape index (κ1) is 14.9. The molecule has 3 rings (SSSR count).